The van der Waals surface area contributed by atoms with Gasteiger partial charge in [0.15, 0.2) is 4.90 Å². The molecule has 3 aromatic carbocycles. The maximum atomic E-state index is 13.1. The molecule has 0 fully saturated rings. The maximum absolute atomic E-state index is 13.1. The number of aromatic amines is 1. The van der Waals surface area contributed by atoms with E-state index < -0.39 is 20.6 Å². The van der Waals surface area contributed by atoms with Crippen molar-refractivity contribution in [3.8, 4) is 5.69 Å². The molecule has 0 amide bonds. The second-order valence-electron chi connectivity index (χ2n) is 7.23. The van der Waals surface area contributed by atoms with Gasteiger partial charge in [0.25, 0.3) is 15.7 Å². The highest BCUT2D eigenvalue weighted by molar-refractivity contribution is 7.89. The fourth-order valence-electron chi connectivity index (χ4n) is 3.94. The number of nitro groups is 1. The first-order valence-corrected chi connectivity index (χ1v) is 10.9. The van der Waals surface area contributed by atoms with Crippen LogP contribution in [0.25, 0.3) is 16.7 Å². The van der Waals surface area contributed by atoms with Crippen LogP contribution in [0.5, 0.6) is 0 Å². The Morgan fingerprint density at radius 2 is 1.65 bits per heavy atom. The summed E-state index contributed by atoms with van der Waals surface area (Å²) >= 11 is 0. The number of nitro benzene ring substituents is 1. The van der Waals surface area contributed by atoms with Gasteiger partial charge in [0, 0.05) is 19.2 Å². The Morgan fingerprint density at radius 3 is 2.45 bits per heavy atom. The lowest BCUT2D eigenvalue weighted by Gasteiger charge is -2.15. The van der Waals surface area contributed by atoms with Crippen molar-refractivity contribution >= 4 is 26.7 Å². The average Bonchev–Trinajstić information content (AvgIpc) is 3.33. The van der Waals surface area contributed by atoms with Gasteiger partial charge >= 0.3 is 5.69 Å². The summed E-state index contributed by atoms with van der Waals surface area (Å²) in [6.45, 7) is 0.168. The van der Waals surface area contributed by atoms with Crippen LogP contribution in [-0.4, -0.2) is 27.2 Å². The van der Waals surface area contributed by atoms with E-state index in [9.17, 15) is 23.3 Å². The summed E-state index contributed by atoms with van der Waals surface area (Å²) in [6.07, 6.45) is 0. The summed E-state index contributed by atoms with van der Waals surface area (Å²) in [6, 6.07) is 17.9. The molecule has 5 rings (SSSR count). The molecular weight excluding hydrogens is 420 g/mol. The van der Waals surface area contributed by atoms with Crippen LogP contribution in [0.15, 0.2) is 76.4 Å². The number of hydrogen-bond donors (Lipinski definition) is 1. The summed E-state index contributed by atoms with van der Waals surface area (Å²) in [5.74, 6) is 0. The van der Waals surface area contributed by atoms with Gasteiger partial charge in [-0.1, -0.05) is 30.3 Å². The molecule has 2 heterocycles. The Bertz CT molecular complexity index is 1520. The van der Waals surface area contributed by atoms with Crippen LogP contribution >= 0.6 is 0 Å². The van der Waals surface area contributed by atoms with E-state index in [4.69, 9.17) is 0 Å². The van der Waals surface area contributed by atoms with E-state index in [0.29, 0.717) is 11.2 Å². The van der Waals surface area contributed by atoms with Gasteiger partial charge in [-0.25, -0.2) is 13.2 Å². The molecule has 4 aromatic rings. The minimum Gasteiger partial charge on any atom is -0.305 e. The molecule has 0 atom stereocenters. The zero-order chi connectivity index (χ0) is 21.8. The zero-order valence-electron chi connectivity index (χ0n) is 16.1. The molecule has 1 aromatic heterocycles. The molecule has 10 heteroatoms. The van der Waals surface area contributed by atoms with Crippen molar-refractivity contribution in [2.75, 3.05) is 0 Å². The molecule has 0 aliphatic carbocycles. The van der Waals surface area contributed by atoms with E-state index in [-0.39, 0.29) is 23.7 Å². The predicted molar refractivity (Wildman–Crippen MR) is 113 cm³/mol. The van der Waals surface area contributed by atoms with E-state index >= 15 is 0 Å². The number of benzene rings is 3. The molecule has 1 aliphatic heterocycles. The van der Waals surface area contributed by atoms with E-state index in [1.54, 1.807) is 18.2 Å². The van der Waals surface area contributed by atoms with Gasteiger partial charge in [-0.3, -0.25) is 14.7 Å². The maximum Gasteiger partial charge on any atom is 0.331 e. The number of aromatic nitrogens is 2. The number of imidazole rings is 1. The smallest absolute Gasteiger partial charge is 0.305 e. The third-order valence-electron chi connectivity index (χ3n) is 5.41. The number of hydrogen-bond acceptors (Lipinski definition) is 5. The van der Waals surface area contributed by atoms with E-state index in [1.165, 1.54) is 33.1 Å². The normalized spacial score (nSPS) is 14.1. The molecule has 0 bridgehead atoms. The van der Waals surface area contributed by atoms with Crippen molar-refractivity contribution in [2.45, 2.75) is 18.0 Å². The quantitative estimate of drug-likeness (QED) is 0.390. The monoisotopic (exact) mass is 436 g/mol. The van der Waals surface area contributed by atoms with Crippen LogP contribution in [-0.2, 0) is 23.1 Å². The predicted octanol–water partition coefficient (Wildman–Crippen LogP) is 2.93. The number of nitrogens with zero attached hydrogens (tertiary/aromatic N) is 3. The van der Waals surface area contributed by atoms with Gasteiger partial charge < -0.3 is 4.98 Å². The van der Waals surface area contributed by atoms with E-state index in [1.807, 2.05) is 24.3 Å². The van der Waals surface area contributed by atoms with Crippen LogP contribution in [0.4, 0.5) is 5.69 Å². The summed E-state index contributed by atoms with van der Waals surface area (Å²) < 4.78 is 29.0. The van der Waals surface area contributed by atoms with Crippen molar-refractivity contribution in [3.05, 3.63) is 98.5 Å². The van der Waals surface area contributed by atoms with Gasteiger partial charge in [-0.2, -0.15) is 4.31 Å². The van der Waals surface area contributed by atoms with Crippen LogP contribution in [0.3, 0.4) is 0 Å². The Balaban J connectivity index is 1.54. The highest BCUT2D eigenvalue weighted by Gasteiger charge is 2.35. The third-order valence-corrected chi connectivity index (χ3v) is 7.25. The highest BCUT2D eigenvalue weighted by Crippen LogP contribution is 2.33. The Hall–Kier alpha value is -3.76. The molecule has 1 aliphatic rings. The molecule has 9 nitrogen and oxygen atoms in total. The summed E-state index contributed by atoms with van der Waals surface area (Å²) in [5, 5.41) is 11.3. The van der Waals surface area contributed by atoms with Crippen molar-refractivity contribution < 1.29 is 13.3 Å². The molecule has 0 radical (unpaired) electrons. The minimum absolute atomic E-state index is 0.0641. The second-order valence-corrected chi connectivity index (χ2v) is 9.14. The first kappa shape index (κ1) is 19.2. The number of fused-ring (bicyclic) bond motifs is 2. The van der Waals surface area contributed by atoms with E-state index in [0.717, 1.165) is 16.6 Å². The van der Waals surface area contributed by atoms with Gasteiger partial charge in [-0.15, -0.1) is 0 Å². The van der Waals surface area contributed by atoms with Crippen LogP contribution < -0.4 is 5.69 Å². The summed E-state index contributed by atoms with van der Waals surface area (Å²) in [4.78, 5) is 25.6. The molecule has 1 N–H and O–H groups in total. The second kappa shape index (κ2) is 6.89. The highest BCUT2D eigenvalue weighted by atomic mass is 32.2. The number of para-hydroxylation sites is 3. The fourth-order valence-corrected chi connectivity index (χ4v) is 5.49. The topological polar surface area (TPSA) is 118 Å². The third kappa shape index (κ3) is 3.04. The van der Waals surface area contributed by atoms with Crippen molar-refractivity contribution in [3.63, 3.8) is 0 Å². The standard InChI is InChI=1S/C21H16N4O5S/c26-21-22-17-5-1-2-6-18(17)24(21)16-10-9-14-12-23(13-15(14)11-16)31(29,30)20-8-4-3-7-19(20)25(27)28/h1-11H,12-13H2,(H,22,26). The van der Waals surface area contributed by atoms with Gasteiger partial charge in [0.05, 0.1) is 21.6 Å². The molecular formula is C21H16N4O5S. The number of rotatable bonds is 4. The zero-order valence-corrected chi connectivity index (χ0v) is 16.9. The van der Waals surface area contributed by atoms with E-state index in [2.05, 4.69) is 4.98 Å². The fraction of sp³-hybridized carbons (Fsp3) is 0.0952. The largest absolute Gasteiger partial charge is 0.331 e. The molecule has 0 saturated heterocycles. The average molecular weight is 436 g/mol. The lowest BCUT2D eigenvalue weighted by molar-refractivity contribution is -0.387. The number of sulfonamides is 1. The van der Waals surface area contributed by atoms with Crippen LogP contribution in [0, 0.1) is 10.1 Å². The minimum atomic E-state index is -4.07. The van der Waals surface area contributed by atoms with Gasteiger partial charge in [-0.05, 0) is 41.5 Å². The SMILES string of the molecule is O=c1[nH]c2ccccc2n1-c1ccc2c(c1)CN(S(=O)(=O)c1ccccc1[N+](=O)[O-])C2. The lowest BCUT2D eigenvalue weighted by Crippen LogP contribution is -2.26. The Labute approximate surface area is 176 Å². The van der Waals surface area contributed by atoms with Gasteiger partial charge in [0.2, 0.25) is 0 Å². The molecule has 0 saturated carbocycles. The lowest BCUT2D eigenvalue weighted by atomic mass is 10.1. The number of H-pyrrole nitrogens is 1. The van der Waals surface area contributed by atoms with Crippen molar-refractivity contribution in [1.82, 2.24) is 13.9 Å². The van der Waals surface area contributed by atoms with Crippen molar-refractivity contribution in [1.29, 1.82) is 0 Å². The summed E-state index contributed by atoms with van der Waals surface area (Å²) in [5.41, 5.74) is 2.83. The molecule has 0 spiro atoms. The summed E-state index contributed by atoms with van der Waals surface area (Å²) in [7, 11) is -4.07. The van der Waals surface area contributed by atoms with Gasteiger partial charge in [0.1, 0.15) is 0 Å². The Morgan fingerprint density at radius 1 is 0.935 bits per heavy atom. The molecule has 0 unspecified atom stereocenters. The first-order chi connectivity index (χ1) is 14.9. The van der Waals surface area contributed by atoms with Crippen LogP contribution in [0.1, 0.15) is 11.1 Å². The first-order valence-electron chi connectivity index (χ1n) is 9.42. The van der Waals surface area contributed by atoms with Crippen LogP contribution in [0.2, 0.25) is 0 Å². The van der Waals surface area contributed by atoms with Crippen molar-refractivity contribution in [2.24, 2.45) is 0 Å². The molecule has 31 heavy (non-hydrogen) atoms. The molecule has 156 valence electrons. The Kier molecular flexibility index (Phi) is 4.27. The number of nitrogens with one attached hydrogen (secondary N) is 1.